The number of carbonyl (C=O) groups is 1. The Bertz CT molecular complexity index is 383. The van der Waals surface area contributed by atoms with E-state index in [0.29, 0.717) is 24.9 Å². The van der Waals surface area contributed by atoms with Crippen LogP contribution in [0.4, 0.5) is 0 Å². The van der Waals surface area contributed by atoms with Crippen molar-refractivity contribution >= 4 is 5.97 Å². The second-order valence-electron chi connectivity index (χ2n) is 4.68. The maximum Gasteiger partial charge on any atom is 0.373 e. The van der Waals surface area contributed by atoms with E-state index in [9.17, 15) is 4.79 Å². The highest BCUT2D eigenvalue weighted by molar-refractivity contribution is 5.86. The molecule has 0 bridgehead atoms. The molecule has 19 heavy (non-hydrogen) atoms. The minimum Gasteiger partial charge on any atom is -0.463 e. The molecule has 0 aromatic carbocycles. The maximum absolute atomic E-state index is 11.2. The van der Waals surface area contributed by atoms with E-state index >= 15 is 0 Å². The molecule has 1 aromatic rings. The van der Waals surface area contributed by atoms with Crippen molar-refractivity contribution in [3.05, 3.63) is 23.7 Å². The van der Waals surface area contributed by atoms with E-state index < -0.39 is 5.97 Å². The molecule has 0 radical (unpaired) electrons. The Morgan fingerprint density at radius 3 is 2.63 bits per heavy atom. The third-order valence-electron chi connectivity index (χ3n) is 2.46. The molecule has 5 nitrogen and oxygen atoms in total. The highest BCUT2D eigenvalue weighted by Crippen LogP contribution is 2.19. The molecule has 0 saturated heterocycles. The van der Waals surface area contributed by atoms with Gasteiger partial charge in [-0.3, -0.25) is 0 Å². The second-order valence-corrected chi connectivity index (χ2v) is 4.68. The minimum atomic E-state index is -0.487. The molecule has 1 heterocycles. The first kappa shape index (κ1) is 15.7. The normalized spacial score (nSPS) is 12.7. The fourth-order valence-corrected chi connectivity index (χ4v) is 1.47. The molecule has 1 rings (SSSR count). The molecule has 0 fully saturated rings. The standard InChI is InChI=1S/C14H22O5/c1-10(2)9-17-7-8-18-11(3)12-5-6-13(19-12)14(15)16-4/h5-6,10-11H,7-9H2,1-4H3. The van der Waals surface area contributed by atoms with E-state index in [0.717, 1.165) is 6.61 Å². The molecule has 1 atom stereocenters. The average molecular weight is 270 g/mol. The van der Waals surface area contributed by atoms with Crippen molar-refractivity contribution < 1.29 is 23.4 Å². The Morgan fingerprint density at radius 2 is 2.00 bits per heavy atom. The van der Waals surface area contributed by atoms with Gasteiger partial charge in [0.05, 0.1) is 20.3 Å². The first-order valence-corrected chi connectivity index (χ1v) is 6.42. The molecule has 5 heteroatoms. The van der Waals surface area contributed by atoms with Gasteiger partial charge in [-0.05, 0) is 25.0 Å². The number of hydrogen-bond acceptors (Lipinski definition) is 5. The SMILES string of the molecule is COC(=O)c1ccc(C(C)OCCOCC(C)C)o1. The molecule has 0 saturated carbocycles. The fourth-order valence-electron chi connectivity index (χ4n) is 1.47. The predicted molar refractivity (Wildman–Crippen MR) is 70.1 cm³/mol. The first-order valence-electron chi connectivity index (χ1n) is 6.42. The van der Waals surface area contributed by atoms with Gasteiger partial charge in [0.2, 0.25) is 5.76 Å². The fraction of sp³-hybridized carbons (Fsp3) is 0.643. The molecule has 0 N–H and O–H groups in total. The summed E-state index contributed by atoms with van der Waals surface area (Å²) in [7, 11) is 1.32. The Balaban J connectivity index is 2.31. The van der Waals surface area contributed by atoms with Gasteiger partial charge in [-0.15, -0.1) is 0 Å². The van der Waals surface area contributed by atoms with Crippen LogP contribution in [0.3, 0.4) is 0 Å². The van der Waals surface area contributed by atoms with Gasteiger partial charge in [-0.2, -0.15) is 0 Å². The molecule has 0 aliphatic carbocycles. The molecule has 0 aliphatic heterocycles. The zero-order chi connectivity index (χ0) is 14.3. The largest absolute Gasteiger partial charge is 0.463 e. The molecule has 1 unspecified atom stereocenters. The summed E-state index contributed by atoms with van der Waals surface area (Å²) < 4.78 is 20.9. The number of esters is 1. The van der Waals surface area contributed by atoms with Crippen LogP contribution in [0.25, 0.3) is 0 Å². The van der Waals surface area contributed by atoms with Crippen molar-refractivity contribution in [2.24, 2.45) is 5.92 Å². The average Bonchev–Trinajstić information content (AvgIpc) is 2.86. The van der Waals surface area contributed by atoms with Gasteiger partial charge in [0.25, 0.3) is 0 Å². The lowest BCUT2D eigenvalue weighted by Crippen LogP contribution is -2.10. The van der Waals surface area contributed by atoms with Crippen LogP contribution in [0.2, 0.25) is 0 Å². The summed E-state index contributed by atoms with van der Waals surface area (Å²) >= 11 is 0. The van der Waals surface area contributed by atoms with E-state index in [2.05, 4.69) is 18.6 Å². The van der Waals surface area contributed by atoms with Crippen molar-refractivity contribution in [1.82, 2.24) is 0 Å². The summed E-state index contributed by atoms with van der Waals surface area (Å²) in [6, 6.07) is 3.29. The maximum atomic E-state index is 11.2. The Kier molecular flexibility index (Phi) is 6.59. The Labute approximate surface area is 113 Å². The molecule has 0 aliphatic rings. The number of rotatable bonds is 8. The monoisotopic (exact) mass is 270 g/mol. The van der Waals surface area contributed by atoms with Crippen LogP contribution in [0.5, 0.6) is 0 Å². The number of furan rings is 1. The van der Waals surface area contributed by atoms with Gasteiger partial charge in [0.1, 0.15) is 11.9 Å². The molecular formula is C14H22O5. The van der Waals surface area contributed by atoms with Crippen LogP contribution in [0.1, 0.15) is 43.2 Å². The number of hydrogen-bond donors (Lipinski definition) is 0. The van der Waals surface area contributed by atoms with Gasteiger partial charge in [0.15, 0.2) is 0 Å². The van der Waals surface area contributed by atoms with Gasteiger partial charge in [-0.25, -0.2) is 4.79 Å². The van der Waals surface area contributed by atoms with Crippen molar-refractivity contribution in [3.8, 4) is 0 Å². The lowest BCUT2D eigenvalue weighted by molar-refractivity contribution is -0.00268. The smallest absolute Gasteiger partial charge is 0.373 e. The van der Waals surface area contributed by atoms with Crippen molar-refractivity contribution in [3.63, 3.8) is 0 Å². The van der Waals surface area contributed by atoms with Crippen molar-refractivity contribution in [1.29, 1.82) is 0 Å². The van der Waals surface area contributed by atoms with E-state index in [-0.39, 0.29) is 11.9 Å². The van der Waals surface area contributed by atoms with Crippen molar-refractivity contribution in [2.75, 3.05) is 26.9 Å². The third kappa shape index (κ3) is 5.44. The summed E-state index contributed by atoms with van der Waals surface area (Å²) in [6.45, 7) is 7.82. The van der Waals surface area contributed by atoms with Gasteiger partial charge >= 0.3 is 5.97 Å². The van der Waals surface area contributed by atoms with Crippen LogP contribution >= 0.6 is 0 Å². The van der Waals surface area contributed by atoms with Crippen LogP contribution in [-0.4, -0.2) is 32.9 Å². The predicted octanol–water partition coefficient (Wildman–Crippen LogP) is 2.82. The number of methoxy groups -OCH3 is 1. The summed E-state index contributed by atoms with van der Waals surface area (Å²) in [5.74, 6) is 0.817. The molecule has 1 aromatic heterocycles. The minimum absolute atomic E-state index is 0.184. The van der Waals surface area contributed by atoms with Crippen LogP contribution in [0, 0.1) is 5.92 Å². The van der Waals surface area contributed by atoms with E-state index in [1.54, 1.807) is 12.1 Å². The summed E-state index contributed by atoms with van der Waals surface area (Å²) in [4.78, 5) is 11.2. The van der Waals surface area contributed by atoms with Crippen LogP contribution < -0.4 is 0 Å². The Hall–Kier alpha value is -1.33. The van der Waals surface area contributed by atoms with Gasteiger partial charge in [-0.1, -0.05) is 13.8 Å². The second kappa shape index (κ2) is 7.96. The first-order chi connectivity index (χ1) is 9.04. The van der Waals surface area contributed by atoms with E-state index in [1.807, 2.05) is 6.92 Å². The van der Waals surface area contributed by atoms with Crippen LogP contribution in [0.15, 0.2) is 16.5 Å². The third-order valence-corrected chi connectivity index (χ3v) is 2.46. The zero-order valence-corrected chi connectivity index (χ0v) is 12.0. The highest BCUT2D eigenvalue weighted by atomic mass is 16.5. The molecule has 0 amide bonds. The molecule has 0 spiro atoms. The number of carbonyl (C=O) groups excluding carboxylic acids is 1. The molecular weight excluding hydrogens is 248 g/mol. The lowest BCUT2D eigenvalue weighted by Gasteiger charge is -2.11. The Morgan fingerprint density at radius 1 is 1.26 bits per heavy atom. The summed E-state index contributed by atoms with van der Waals surface area (Å²) in [5, 5.41) is 0. The van der Waals surface area contributed by atoms with Crippen molar-refractivity contribution in [2.45, 2.75) is 26.9 Å². The lowest BCUT2D eigenvalue weighted by atomic mass is 10.2. The summed E-state index contributed by atoms with van der Waals surface area (Å²) in [6.07, 6.45) is -0.221. The highest BCUT2D eigenvalue weighted by Gasteiger charge is 2.15. The van der Waals surface area contributed by atoms with E-state index in [1.165, 1.54) is 7.11 Å². The quantitative estimate of drug-likeness (QED) is 0.537. The van der Waals surface area contributed by atoms with Crippen LogP contribution in [-0.2, 0) is 14.2 Å². The van der Waals surface area contributed by atoms with Gasteiger partial charge < -0.3 is 18.6 Å². The zero-order valence-electron chi connectivity index (χ0n) is 12.0. The van der Waals surface area contributed by atoms with Gasteiger partial charge in [0, 0.05) is 6.61 Å². The van der Waals surface area contributed by atoms with E-state index in [4.69, 9.17) is 13.9 Å². The molecule has 108 valence electrons. The topological polar surface area (TPSA) is 57.9 Å². The number of ether oxygens (including phenoxy) is 3. The summed E-state index contributed by atoms with van der Waals surface area (Å²) in [5.41, 5.74) is 0.